The summed E-state index contributed by atoms with van der Waals surface area (Å²) < 4.78 is 75.7. The van der Waals surface area contributed by atoms with Crippen LogP contribution in [0.3, 0.4) is 0 Å². The van der Waals surface area contributed by atoms with Crippen LogP contribution in [-0.4, -0.2) is 74.7 Å². The van der Waals surface area contributed by atoms with Gasteiger partial charge in [0, 0.05) is 48.5 Å². The number of amides is 2. The lowest BCUT2D eigenvalue weighted by molar-refractivity contribution is -0.139. The van der Waals surface area contributed by atoms with E-state index in [1.54, 1.807) is 37.8 Å². The molecular formula is C33H39F3N4O6S. The zero-order chi connectivity index (χ0) is 34.7. The number of alkyl halides is 3. The summed E-state index contributed by atoms with van der Waals surface area (Å²) in [6.07, 6.45) is -2.11. The molecule has 0 bridgehead atoms. The second-order valence-corrected chi connectivity index (χ2v) is 14.6. The fourth-order valence-corrected chi connectivity index (χ4v) is 6.03. The Balaban J connectivity index is 1.55. The Bertz CT molecular complexity index is 1820. The van der Waals surface area contributed by atoms with E-state index in [9.17, 15) is 31.2 Å². The largest absolute Gasteiger partial charge is 0.495 e. The van der Waals surface area contributed by atoms with Gasteiger partial charge in [0.05, 0.1) is 35.4 Å². The summed E-state index contributed by atoms with van der Waals surface area (Å²) in [6.45, 7) is 6.76. The average molecular weight is 677 g/mol. The number of hydrogen-bond acceptors (Lipinski definition) is 7. The number of methoxy groups -OCH3 is 1. The smallest absolute Gasteiger partial charge is 0.410 e. The van der Waals surface area contributed by atoms with Crippen molar-refractivity contribution in [2.45, 2.75) is 57.3 Å². The fraction of sp³-hybridized carbons (Fsp3) is 0.455. The van der Waals surface area contributed by atoms with Gasteiger partial charge in [-0.25, -0.2) is 13.2 Å². The Morgan fingerprint density at radius 1 is 1.09 bits per heavy atom. The quantitative estimate of drug-likeness (QED) is 0.299. The second kappa shape index (κ2) is 13.8. The maximum absolute atomic E-state index is 13.5. The number of anilines is 2. The van der Waals surface area contributed by atoms with Crippen molar-refractivity contribution in [3.8, 4) is 17.6 Å². The van der Waals surface area contributed by atoms with Gasteiger partial charge in [-0.3, -0.25) is 4.79 Å². The molecular weight excluding hydrogens is 637 g/mol. The third-order valence-electron chi connectivity index (χ3n) is 7.59. The number of rotatable bonds is 7. The van der Waals surface area contributed by atoms with Crippen LogP contribution in [0.1, 0.15) is 39.7 Å². The first-order valence-electron chi connectivity index (χ1n) is 14.9. The molecule has 14 heteroatoms. The first-order valence-corrected chi connectivity index (χ1v) is 16.8. The second-order valence-electron chi connectivity index (χ2n) is 12.6. The molecule has 1 aliphatic heterocycles. The molecule has 3 aromatic rings. The van der Waals surface area contributed by atoms with Crippen molar-refractivity contribution < 1.29 is 40.7 Å². The van der Waals surface area contributed by atoms with Crippen molar-refractivity contribution in [1.82, 2.24) is 9.47 Å². The number of carbonyl (C=O) groups is 2. The van der Waals surface area contributed by atoms with Gasteiger partial charge in [0.1, 0.15) is 17.9 Å². The Hall–Kier alpha value is -4.38. The van der Waals surface area contributed by atoms with Gasteiger partial charge < -0.3 is 29.6 Å². The first-order chi connectivity index (χ1) is 21.8. The van der Waals surface area contributed by atoms with Gasteiger partial charge in [0.25, 0.3) is 0 Å². The minimum atomic E-state index is -4.47. The van der Waals surface area contributed by atoms with Crippen LogP contribution in [0.25, 0.3) is 10.9 Å². The van der Waals surface area contributed by atoms with Gasteiger partial charge in [0.15, 0.2) is 9.84 Å². The Morgan fingerprint density at radius 2 is 1.81 bits per heavy atom. The molecule has 2 unspecified atom stereocenters. The van der Waals surface area contributed by atoms with Crippen LogP contribution < -0.4 is 15.4 Å². The molecule has 1 fully saturated rings. The standard InChI is InChI=1S/C33H39F3N4O6S/c1-21-19-39(31(42)46-32(2,3)4)14-11-24(21)30(41)38-27-16-22(17-28-25(27)12-15-40(28)20-33(34,35)36)8-7-13-37-26-10-9-23(47(6,43)44)18-29(26)45-5/h9-10,12,15-18,21,24,37H,11,13-14,19-20H2,1-6H3,(H,38,41). The Labute approximate surface area is 272 Å². The molecule has 2 N–H and O–H groups in total. The van der Waals surface area contributed by atoms with Gasteiger partial charge >= 0.3 is 12.3 Å². The number of benzene rings is 2. The molecule has 2 atom stereocenters. The van der Waals surface area contributed by atoms with E-state index in [-0.39, 0.29) is 28.8 Å². The molecule has 0 radical (unpaired) electrons. The van der Waals surface area contributed by atoms with Crippen LogP contribution in [0.15, 0.2) is 47.5 Å². The minimum absolute atomic E-state index is 0.0960. The van der Waals surface area contributed by atoms with E-state index in [0.717, 1.165) is 10.8 Å². The number of carbonyl (C=O) groups excluding carboxylic acids is 2. The van der Waals surface area contributed by atoms with Gasteiger partial charge in [-0.1, -0.05) is 18.8 Å². The molecule has 10 nitrogen and oxygen atoms in total. The van der Waals surface area contributed by atoms with E-state index in [1.807, 2.05) is 6.92 Å². The topological polar surface area (TPSA) is 119 Å². The maximum atomic E-state index is 13.5. The van der Waals surface area contributed by atoms with E-state index < -0.39 is 40.2 Å². The molecule has 1 saturated heterocycles. The molecule has 1 aromatic heterocycles. The molecule has 2 heterocycles. The number of fused-ring (bicyclic) bond motifs is 1. The highest BCUT2D eigenvalue weighted by Gasteiger charge is 2.35. The highest BCUT2D eigenvalue weighted by atomic mass is 32.2. The van der Waals surface area contributed by atoms with E-state index in [0.29, 0.717) is 47.6 Å². The summed E-state index contributed by atoms with van der Waals surface area (Å²) in [7, 11) is -2.03. The monoisotopic (exact) mass is 676 g/mol. The summed E-state index contributed by atoms with van der Waals surface area (Å²) in [5.41, 5.74) is 0.811. The van der Waals surface area contributed by atoms with Crippen LogP contribution in [0.2, 0.25) is 0 Å². The molecule has 2 amide bonds. The van der Waals surface area contributed by atoms with E-state index in [2.05, 4.69) is 22.5 Å². The van der Waals surface area contributed by atoms with Gasteiger partial charge in [-0.05, 0) is 63.4 Å². The number of hydrogen-bond donors (Lipinski definition) is 2. The first kappa shape index (κ1) is 35.5. The molecule has 4 rings (SSSR count). The fourth-order valence-electron chi connectivity index (χ4n) is 5.39. The van der Waals surface area contributed by atoms with Crippen LogP contribution in [0, 0.1) is 23.7 Å². The molecule has 254 valence electrons. The third-order valence-corrected chi connectivity index (χ3v) is 8.70. The van der Waals surface area contributed by atoms with Crippen molar-refractivity contribution in [3.63, 3.8) is 0 Å². The zero-order valence-corrected chi connectivity index (χ0v) is 27.9. The van der Waals surface area contributed by atoms with Gasteiger partial charge in [-0.15, -0.1) is 0 Å². The SMILES string of the molecule is COc1cc(S(C)(=O)=O)ccc1NCC#Cc1cc(NC(=O)C2CCN(C(=O)OC(C)(C)C)CC2C)c2ccn(CC(F)(F)F)c2c1. The van der Waals surface area contributed by atoms with Crippen molar-refractivity contribution >= 4 is 44.1 Å². The number of aromatic nitrogens is 1. The predicted octanol–water partition coefficient (Wildman–Crippen LogP) is 5.91. The third kappa shape index (κ3) is 9.34. The Morgan fingerprint density at radius 3 is 2.43 bits per heavy atom. The van der Waals surface area contributed by atoms with Crippen LogP contribution >= 0.6 is 0 Å². The number of sulfone groups is 1. The molecule has 0 spiro atoms. The molecule has 0 saturated carbocycles. The molecule has 1 aliphatic rings. The van der Waals surface area contributed by atoms with E-state index in [4.69, 9.17) is 9.47 Å². The molecule has 0 aliphatic carbocycles. The zero-order valence-electron chi connectivity index (χ0n) is 27.1. The highest BCUT2D eigenvalue weighted by Crippen LogP contribution is 2.32. The average Bonchev–Trinajstić information content (AvgIpc) is 3.35. The number of piperidine rings is 1. The molecule has 2 aromatic carbocycles. The van der Waals surface area contributed by atoms with Crippen molar-refractivity contribution in [2.24, 2.45) is 11.8 Å². The van der Waals surface area contributed by atoms with Crippen molar-refractivity contribution in [3.05, 3.63) is 48.2 Å². The lowest BCUT2D eigenvalue weighted by Gasteiger charge is -2.36. The predicted molar refractivity (Wildman–Crippen MR) is 173 cm³/mol. The summed E-state index contributed by atoms with van der Waals surface area (Å²) in [6, 6.07) is 9.06. The lowest BCUT2D eigenvalue weighted by atomic mass is 9.86. The van der Waals surface area contributed by atoms with Crippen LogP contribution in [0.4, 0.5) is 29.3 Å². The number of nitrogens with zero attached hydrogens (tertiary/aromatic N) is 2. The summed E-state index contributed by atoms with van der Waals surface area (Å²) in [5, 5.41) is 6.40. The number of halogens is 3. The van der Waals surface area contributed by atoms with Gasteiger partial charge in [0.2, 0.25) is 5.91 Å². The molecule has 47 heavy (non-hydrogen) atoms. The highest BCUT2D eigenvalue weighted by molar-refractivity contribution is 7.90. The minimum Gasteiger partial charge on any atom is -0.495 e. The van der Waals surface area contributed by atoms with Crippen molar-refractivity contribution in [2.75, 3.05) is 43.6 Å². The summed E-state index contributed by atoms with van der Waals surface area (Å²) in [5.74, 6) is 5.23. The lowest BCUT2D eigenvalue weighted by Crippen LogP contribution is -2.47. The van der Waals surface area contributed by atoms with Gasteiger partial charge in [-0.2, -0.15) is 13.2 Å². The van der Waals surface area contributed by atoms with E-state index >= 15 is 0 Å². The summed E-state index contributed by atoms with van der Waals surface area (Å²) >= 11 is 0. The maximum Gasteiger partial charge on any atom is 0.410 e. The van der Waals surface area contributed by atoms with Crippen molar-refractivity contribution in [1.29, 1.82) is 0 Å². The summed E-state index contributed by atoms with van der Waals surface area (Å²) in [4.78, 5) is 27.7. The van der Waals surface area contributed by atoms with Crippen LogP contribution in [-0.2, 0) is 25.9 Å². The number of nitrogens with one attached hydrogen (secondary N) is 2. The number of ether oxygens (including phenoxy) is 2. The number of likely N-dealkylation sites (tertiary alicyclic amines) is 1. The van der Waals surface area contributed by atoms with Crippen LogP contribution in [0.5, 0.6) is 5.75 Å². The van der Waals surface area contributed by atoms with E-state index in [1.165, 1.54) is 37.6 Å². The normalized spacial score (nSPS) is 17.1. The Kier molecular flexibility index (Phi) is 10.4.